The van der Waals surface area contributed by atoms with E-state index in [0.29, 0.717) is 0 Å². The molecular formula is C12H10N2O2S2. The summed E-state index contributed by atoms with van der Waals surface area (Å²) in [6.07, 6.45) is 3.13. The van der Waals surface area contributed by atoms with Gasteiger partial charge in [-0.25, -0.2) is 0 Å². The molecule has 0 atom stereocenters. The predicted molar refractivity (Wildman–Crippen MR) is 74.9 cm³/mol. The molecule has 2 rings (SSSR count). The van der Waals surface area contributed by atoms with Crippen molar-refractivity contribution in [3.63, 3.8) is 0 Å². The Labute approximate surface area is 114 Å². The summed E-state index contributed by atoms with van der Waals surface area (Å²) in [5.74, 6) is -0.851. The fourth-order valence-corrected chi connectivity index (χ4v) is 2.41. The molecule has 18 heavy (non-hydrogen) atoms. The lowest BCUT2D eigenvalue weighted by atomic mass is 10.1. The molecule has 2 amide bonds. The molecule has 0 unspecified atom stereocenters. The van der Waals surface area contributed by atoms with Gasteiger partial charge in [-0.1, -0.05) is 12.1 Å². The standard InChI is InChI=1S/C12H10N2O2S2/c1-2-5-14-11(16)9(10(15)13-12(14)17)7-8-4-3-6-18-8/h2-4,6-7H,1,5H2,(H,13,15,17)/b9-7-. The second kappa shape index (κ2) is 5.24. The van der Waals surface area contributed by atoms with Crippen LogP contribution in [0.15, 0.2) is 35.7 Å². The minimum atomic E-state index is -0.460. The number of hydrogen-bond donors (Lipinski definition) is 1. The highest BCUT2D eigenvalue weighted by atomic mass is 32.1. The van der Waals surface area contributed by atoms with E-state index >= 15 is 0 Å². The van der Waals surface area contributed by atoms with Gasteiger partial charge in [-0.2, -0.15) is 0 Å². The second-order valence-corrected chi connectivity index (χ2v) is 4.90. The lowest BCUT2D eigenvalue weighted by Crippen LogP contribution is -2.53. The minimum Gasteiger partial charge on any atom is -0.298 e. The molecule has 4 nitrogen and oxygen atoms in total. The Hall–Kier alpha value is -1.79. The van der Waals surface area contributed by atoms with Crippen LogP contribution in [-0.4, -0.2) is 28.4 Å². The summed E-state index contributed by atoms with van der Waals surface area (Å²) in [5, 5.41) is 4.49. The van der Waals surface area contributed by atoms with Gasteiger partial charge in [0.1, 0.15) is 5.57 Å². The van der Waals surface area contributed by atoms with Gasteiger partial charge in [0, 0.05) is 11.4 Å². The molecule has 1 saturated heterocycles. The zero-order chi connectivity index (χ0) is 13.1. The number of carbonyl (C=O) groups is 2. The SMILES string of the molecule is C=CCN1C(=O)/C(=C\c2cccs2)C(=O)NC1=S. The van der Waals surface area contributed by atoms with Crippen LogP contribution in [0.5, 0.6) is 0 Å². The number of thiocarbonyl (C=S) groups is 1. The van der Waals surface area contributed by atoms with E-state index < -0.39 is 11.8 Å². The van der Waals surface area contributed by atoms with E-state index in [1.165, 1.54) is 16.2 Å². The molecule has 1 N–H and O–H groups in total. The first-order chi connectivity index (χ1) is 8.63. The van der Waals surface area contributed by atoms with Crippen molar-refractivity contribution in [1.29, 1.82) is 0 Å². The van der Waals surface area contributed by atoms with Gasteiger partial charge in [0.2, 0.25) is 0 Å². The third kappa shape index (κ3) is 2.39. The summed E-state index contributed by atoms with van der Waals surface area (Å²) in [7, 11) is 0. The van der Waals surface area contributed by atoms with Crippen LogP contribution in [0.2, 0.25) is 0 Å². The number of rotatable bonds is 3. The summed E-state index contributed by atoms with van der Waals surface area (Å²) >= 11 is 6.40. The van der Waals surface area contributed by atoms with Crippen LogP contribution < -0.4 is 5.32 Å². The van der Waals surface area contributed by atoms with Crippen LogP contribution in [-0.2, 0) is 9.59 Å². The number of nitrogens with zero attached hydrogens (tertiary/aromatic N) is 1. The van der Waals surface area contributed by atoms with E-state index in [4.69, 9.17) is 12.2 Å². The Morgan fingerprint density at radius 1 is 1.50 bits per heavy atom. The second-order valence-electron chi connectivity index (χ2n) is 3.54. The van der Waals surface area contributed by atoms with Crippen molar-refractivity contribution in [1.82, 2.24) is 10.2 Å². The highest BCUT2D eigenvalue weighted by Gasteiger charge is 2.32. The fourth-order valence-electron chi connectivity index (χ4n) is 1.50. The normalized spacial score (nSPS) is 18.1. The molecule has 2 heterocycles. The fraction of sp³-hybridized carbons (Fsp3) is 0.0833. The molecule has 1 aliphatic heterocycles. The number of amides is 2. The average Bonchev–Trinajstić information content (AvgIpc) is 2.83. The molecular weight excluding hydrogens is 268 g/mol. The van der Waals surface area contributed by atoms with Gasteiger partial charge < -0.3 is 0 Å². The maximum atomic E-state index is 12.1. The number of thiophene rings is 1. The van der Waals surface area contributed by atoms with E-state index in [-0.39, 0.29) is 17.2 Å². The molecule has 1 aromatic rings. The van der Waals surface area contributed by atoms with Gasteiger partial charge >= 0.3 is 0 Å². The monoisotopic (exact) mass is 278 g/mol. The highest BCUT2D eigenvalue weighted by molar-refractivity contribution is 7.80. The molecule has 0 spiro atoms. The summed E-state index contributed by atoms with van der Waals surface area (Å²) in [6.45, 7) is 3.84. The Bertz CT molecular complexity index is 546. The maximum absolute atomic E-state index is 12.1. The molecule has 92 valence electrons. The van der Waals surface area contributed by atoms with Crippen LogP contribution >= 0.6 is 23.6 Å². The van der Waals surface area contributed by atoms with Crippen molar-refractivity contribution in [3.05, 3.63) is 40.6 Å². The zero-order valence-electron chi connectivity index (χ0n) is 9.38. The van der Waals surface area contributed by atoms with Crippen molar-refractivity contribution in [2.24, 2.45) is 0 Å². The van der Waals surface area contributed by atoms with Crippen LogP contribution in [0.3, 0.4) is 0 Å². The molecule has 0 saturated carbocycles. The molecule has 1 aromatic heterocycles. The van der Waals surface area contributed by atoms with Crippen molar-refractivity contribution in [3.8, 4) is 0 Å². The zero-order valence-corrected chi connectivity index (χ0v) is 11.0. The Balaban J connectivity index is 2.35. The number of hydrogen-bond acceptors (Lipinski definition) is 4. The smallest absolute Gasteiger partial charge is 0.265 e. The largest absolute Gasteiger partial charge is 0.298 e. The minimum absolute atomic E-state index is 0.0906. The lowest BCUT2D eigenvalue weighted by molar-refractivity contribution is -0.128. The molecule has 0 bridgehead atoms. The van der Waals surface area contributed by atoms with Gasteiger partial charge in [-0.3, -0.25) is 19.8 Å². The van der Waals surface area contributed by atoms with E-state index in [1.807, 2.05) is 17.5 Å². The first kappa shape index (κ1) is 12.7. The Morgan fingerprint density at radius 2 is 2.28 bits per heavy atom. The van der Waals surface area contributed by atoms with Crippen LogP contribution in [0.4, 0.5) is 0 Å². The summed E-state index contributed by atoms with van der Waals surface area (Å²) < 4.78 is 0. The summed E-state index contributed by atoms with van der Waals surface area (Å²) in [6, 6.07) is 3.69. The lowest BCUT2D eigenvalue weighted by Gasteiger charge is -2.27. The van der Waals surface area contributed by atoms with Crippen LogP contribution in [0.1, 0.15) is 4.88 Å². The first-order valence-electron chi connectivity index (χ1n) is 5.16. The number of nitrogens with one attached hydrogen (secondary N) is 1. The molecule has 1 aliphatic rings. The van der Waals surface area contributed by atoms with Crippen LogP contribution in [0.25, 0.3) is 6.08 Å². The molecule has 0 aliphatic carbocycles. The predicted octanol–water partition coefficient (Wildman–Crippen LogP) is 1.56. The van der Waals surface area contributed by atoms with Crippen molar-refractivity contribution in [2.45, 2.75) is 0 Å². The number of carbonyl (C=O) groups excluding carboxylic acids is 2. The van der Waals surface area contributed by atoms with Gasteiger partial charge in [-0.05, 0) is 29.7 Å². The molecule has 0 radical (unpaired) electrons. The highest BCUT2D eigenvalue weighted by Crippen LogP contribution is 2.17. The Kier molecular flexibility index (Phi) is 3.69. The van der Waals surface area contributed by atoms with Crippen molar-refractivity contribution >= 4 is 46.6 Å². The summed E-state index contributed by atoms with van der Waals surface area (Å²) in [5.41, 5.74) is 0.0906. The van der Waals surface area contributed by atoms with Crippen molar-refractivity contribution < 1.29 is 9.59 Å². The van der Waals surface area contributed by atoms with Gasteiger partial charge in [-0.15, -0.1) is 17.9 Å². The third-order valence-electron chi connectivity index (χ3n) is 2.33. The first-order valence-corrected chi connectivity index (χ1v) is 6.45. The average molecular weight is 278 g/mol. The van der Waals surface area contributed by atoms with Gasteiger partial charge in [0.05, 0.1) is 0 Å². The van der Waals surface area contributed by atoms with Crippen molar-refractivity contribution in [2.75, 3.05) is 6.54 Å². The summed E-state index contributed by atoms with van der Waals surface area (Å²) in [4.78, 5) is 26.0. The topological polar surface area (TPSA) is 49.4 Å². The maximum Gasteiger partial charge on any atom is 0.265 e. The van der Waals surface area contributed by atoms with E-state index in [2.05, 4.69) is 11.9 Å². The quantitative estimate of drug-likeness (QED) is 0.395. The molecule has 6 heteroatoms. The Morgan fingerprint density at radius 3 is 2.89 bits per heavy atom. The van der Waals surface area contributed by atoms with Gasteiger partial charge in [0.25, 0.3) is 11.8 Å². The van der Waals surface area contributed by atoms with Crippen LogP contribution in [0, 0.1) is 0 Å². The van der Waals surface area contributed by atoms with Gasteiger partial charge in [0.15, 0.2) is 5.11 Å². The molecule has 1 fully saturated rings. The van der Waals surface area contributed by atoms with E-state index in [9.17, 15) is 9.59 Å². The van der Waals surface area contributed by atoms with E-state index in [0.717, 1.165) is 4.88 Å². The molecule has 0 aromatic carbocycles. The van der Waals surface area contributed by atoms with E-state index in [1.54, 1.807) is 12.2 Å². The third-order valence-corrected chi connectivity index (χ3v) is 3.47.